The Kier molecular flexibility index (Phi) is 5.38. The Morgan fingerprint density at radius 2 is 0.846 bits per heavy atom. The fourth-order valence-electron chi connectivity index (χ4n) is 9.26. The second kappa shape index (κ2) is 10.1. The molecule has 12 aromatic rings. The van der Waals surface area contributed by atoms with Crippen LogP contribution in [0.1, 0.15) is 0 Å². The molecule has 3 heterocycles. The summed E-state index contributed by atoms with van der Waals surface area (Å²) in [5.41, 5.74) is 7.75. The molecule has 12 rings (SSSR count). The predicted molar refractivity (Wildman–Crippen MR) is 220 cm³/mol. The Hall–Kier alpha value is -6.97. The number of fused-ring (bicyclic) bond motifs is 14. The minimum Gasteiger partial charge on any atom is -0.309 e. The van der Waals surface area contributed by atoms with E-state index in [4.69, 9.17) is 0 Å². The zero-order chi connectivity index (χ0) is 34.1. The lowest BCUT2D eigenvalue weighted by Crippen LogP contribution is -2.12. The van der Waals surface area contributed by atoms with Crippen LogP contribution in [0, 0.1) is 0 Å². The fourth-order valence-corrected chi connectivity index (χ4v) is 9.26. The van der Waals surface area contributed by atoms with Crippen molar-refractivity contribution in [3.05, 3.63) is 180 Å². The topological polar surface area (TPSA) is 26.4 Å². The minimum atomic E-state index is 0.0278. The molecule has 0 bridgehead atoms. The fraction of sp³-hybridized carbons (Fsp3) is 0. The van der Waals surface area contributed by atoms with Crippen LogP contribution in [0.4, 0.5) is 0 Å². The molecule has 240 valence electrons. The quantitative estimate of drug-likeness (QED) is 0.170. The molecule has 3 aromatic heterocycles. The van der Waals surface area contributed by atoms with E-state index in [1.807, 2.05) is 22.6 Å². The third-order valence-corrected chi connectivity index (χ3v) is 11.4. The van der Waals surface area contributed by atoms with Crippen LogP contribution in [0.3, 0.4) is 0 Å². The summed E-state index contributed by atoms with van der Waals surface area (Å²) in [7, 11) is 0. The Morgan fingerprint density at radius 3 is 1.56 bits per heavy atom. The molecule has 0 amide bonds. The molecule has 0 saturated heterocycles. The molecule has 0 aliphatic carbocycles. The Balaban J connectivity index is 1.19. The van der Waals surface area contributed by atoms with Crippen LogP contribution < -0.4 is 5.56 Å². The summed E-state index contributed by atoms with van der Waals surface area (Å²) in [6, 6.07) is 60.8. The van der Waals surface area contributed by atoms with E-state index in [0.717, 1.165) is 54.8 Å². The first kappa shape index (κ1) is 27.8. The van der Waals surface area contributed by atoms with Gasteiger partial charge in [-0.05, 0) is 91.3 Å². The molecule has 0 radical (unpaired) electrons. The van der Waals surface area contributed by atoms with Crippen LogP contribution in [-0.4, -0.2) is 8.97 Å². The number of aromatic nitrogens is 2. The smallest absolute Gasteiger partial charge is 0.263 e. The zero-order valence-electron chi connectivity index (χ0n) is 28.0. The van der Waals surface area contributed by atoms with Gasteiger partial charge >= 0.3 is 0 Å². The van der Waals surface area contributed by atoms with E-state index in [1.54, 1.807) is 0 Å². The second-order valence-corrected chi connectivity index (χ2v) is 14.0. The van der Waals surface area contributed by atoms with Gasteiger partial charge in [0.15, 0.2) is 0 Å². The third kappa shape index (κ3) is 3.52. The first-order valence-electron chi connectivity index (χ1n) is 17.8. The Morgan fingerprint density at radius 1 is 0.346 bits per heavy atom. The number of rotatable bonds is 2. The van der Waals surface area contributed by atoms with E-state index >= 15 is 0 Å². The Bertz CT molecular complexity index is 3500. The highest BCUT2D eigenvalue weighted by atomic mass is 16.1. The summed E-state index contributed by atoms with van der Waals surface area (Å²) in [4.78, 5) is 14.1. The van der Waals surface area contributed by atoms with E-state index in [-0.39, 0.29) is 5.56 Å². The van der Waals surface area contributed by atoms with Crippen LogP contribution in [0.5, 0.6) is 0 Å². The first-order chi connectivity index (χ1) is 25.7. The van der Waals surface area contributed by atoms with Gasteiger partial charge in [-0.15, -0.1) is 0 Å². The van der Waals surface area contributed by atoms with Gasteiger partial charge in [0.2, 0.25) is 0 Å². The second-order valence-electron chi connectivity index (χ2n) is 14.0. The molecule has 0 saturated carbocycles. The highest BCUT2D eigenvalue weighted by Gasteiger charge is 2.20. The van der Waals surface area contributed by atoms with E-state index in [1.165, 1.54) is 54.1 Å². The van der Waals surface area contributed by atoms with Gasteiger partial charge in [0.1, 0.15) is 0 Å². The van der Waals surface area contributed by atoms with Crippen molar-refractivity contribution in [2.24, 2.45) is 0 Å². The summed E-state index contributed by atoms with van der Waals surface area (Å²) in [5.74, 6) is 0. The molecule has 0 unspecified atom stereocenters. The zero-order valence-corrected chi connectivity index (χ0v) is 28.0. The summed E-state index contributed by atoms with van der Waals surface area (Å²) >= 11 is 0. The molecule has 0 N–H and O–H groups in total. The molecule has 3 nitrogen and oxygen atoms in total. The maximum Gasteiger partial charge on any atom is 0.263 e. The molecule has 9 aromatic carbocycles. The van der Waals surface area contributed by atoms with Crippen molar-refractivity contribution in [1.82, 2.24) is 8.97 Å². The summed E-state index contributed by atoms with van der Waals surface area (Å²) in [5, 5.41) is 14.9. The van der Waals surface area contributed by atoms with Crippen molar-refractivity contribution in [2.75, 3.05) is 0 Å². The molecular formula is C49H28N2O. The number of nitrogens with zero attached hydrogens (tertiary/aromatic N) is 2. The highest BCUT2D eigenvalue weighted by Crippen LogP contribution is 2.43. The average molecular weight is 661 g/mol. The first-order valence-corrected chi connectivity index (χ1v) is 17.8. The largest absolute Gasteiger partial charge is 0.309 e. The standard InChI is InChI=1S/C49H28N2O/c52-49-40-16-4-3-13-34(40)39-18-9-19-41-47-31(17-10-22-46(47)51(49)48(39)41)29-23-25-35-32-11-1-2-12-33(32)36-26-24-30(28-43(36)42(35)27-29)50-44-20-7-5-14-37(44)38-15-6-8-21-45(38)50/h1-28H. The number of benzene rings is 9. The number of para-hydroxylation sites is 3. The molecule has 0 spiro atoms. The molecular weight excluding hydrogens is 633 g/mol. The number of hydrogen-bond donors (Lipinski definition) is 0. The number of hydrogen-bond acceptors (Lipinski definition) is 1. The van der Waals surface area contributed by atoms with Crippen LogP contribution >= 0.6 is 0 Å². The van der Waals surface area contributed by atoms with Gasteiger partial charge in [0.05, 0.1) is 22.1 Å². The van der Waals surface area contributed by atoms with Crippen LogP contribution in [0.25, 0.3) is 109 Å². The average Bonchev–Trinajstić information content (AvgIpc) is 3.74. The van der Waals surface area contributed by atoms with Gasteiger partial charge in [-0.25, -0.2) is 0 Å². The van der Waals surface area contributed by atoms with Crippen molar-refractivity contribution in [3.8, 4) is 16.8 Å². The molecule has 3 heteroatoms. The third-order valence-electron chi connectivity index (χ3n) is 11.4. The van der Waals surface area contributed by atoms with E-state index in [0.29, 0.717) is 0 Å². The molecule has 0 aliphatic rings. The lowest BCUT2D eigenvalue weighted by atomic mass is 9.91. The molecule has 0 fully saturated rings. The molecule has 0 atom stereocenters. The maximum atomic E-state index is 14.1. The van der Waals surface area contributed by atoms with Gasteiger partial charge in [0.25, 0.3) is 5.56 Å². The summed E-state index contributed by atoms with van der Waals surface area (Å²) in [6.07, 6.45) is 0. The van der Waals surface area contributed by atoms with Gasteiger partial charge in [-0.1, -0.05) is 127 Å². The van der Waals surface area contributed by atoms with Crippen LogP contribution in [0.15, 0.2) is 175 Å². The minimum absolute atomic E-state index is 0.0278. The van der Waals surface area contributed by atoms with E-state index in [2.05, 4.69) is 156 Å². The monoisotopic (exact) mass is 660 g/mol. The molecule has 52 heavy (non-hydrogen) atoms. The van der Waals surface area contributed by atoms with Crippen molar-refractivity contribution in [1.29, 1.82) is 0 Å². The van der Waals surface area contributed by atoms with Gasteiger partial charge in [-0.3, -0.25) is 9.20 Å². The molecule has 0 aliphatic heterocycles. The van der Waals surface area contributed by atoms with Gasteiger partial charge in [0, 0.05) is 38.0 Å². The Labute approximate surface area is 297 Å². The highest BCUT2D eigenvalue weighted by molar-refractivity contribution is 6.27. The SMILES string of the molecule is O=c1c2ccccc2c2cccc3c4c(-c5ccc6c7ccccc7c7ccc(-n8c9ccccc9c9ccccc98)cc7c6c5)cccc4n1c23. The van der Waals surface area contributed by atoms with E-state index < -0.39 is 0 Å². The van der Waals surface area contributed by atoms with E-state index in [9.17, 15) is 4.79 Å². The van der Waals surface area contributed by atoms with Crippen molar-refractivity contribution < 1.29 is 0 Å². The van der Waals surface area contributed by atoms with Crippen molar-refractivity contribution in [3.63, 3.8) is 0 Å². The van der Waals surface area contributed by atoms with Crippen LogP contribution in [-0.2, 0) is 0 Å². The van der Waals surface area contributed by atoms with Crippen molar-refractivity contribution in [2.45, 2.75) is 0 Å². The van der Waals surface area contributed by atoms with Gasteiger partial charge in [-0.2, -0.15) is 0 Å². The maximum absolute atomic E-state index is 14.1. The summed E-state index contributed by atoms with van der Waals surface area (Å²) < 4.78 is 4.34. The summed E-state index contributed by atoms with van der Waals surface area (Å²) in [6.45, 7) is 0. The van der Waals surface area contributed by atoms with Crippen LogP contribution in [0.2, 0.25) is 0 Å². The van der Waals surface area contributed by atoms with Crippen molar-refractivity contribution >= 4 is 92.1 Å². The predicted octanol–water partition coefficient (Wildman–Crippen LogP) is 12.4. The van der Waals surface area contributed by atoms with Gasteiger partial charge < -0.3 is 4.57 Å². The number of pyridine rings is 1. The lowest BCUT2D eigenvalue weighted by molar-refractivity contribution is 1.19. The lowest BCUT2D eigenvalue weighted by Gasteiger charge is -2.15. The normalized spacial score (nSPS) is 12.3.